The monoisotopic (exact) mass is 858 g/mol. The minimum absolute atomic E-state index is 0.0292. The van der Waals surface area contributed by atoms with Crippen LogP contribution in [0.4, 0.5) is 0 Å². The number of hydrogen-bond acceptors (Lipinski definition) is 8. The summed E-state index contributed by atoms with van der Waals surface area (Å²) in [6, 6.07) is 0. The predicted octanol–water partition coefficient (Wildman–Crippen LogP) is 13.9. The molecule has 0 aliphatic heterocycles. The Morgan fingerprint density at radius 1 is 0.508 bits per heavy atom. The van der Waals surface area contributed by atoms with Gasteiger partial charge >= 0.3 is 11.9 Å². The molecular weight excluding hydrogens is 762 g/mol. The molecule has 0 rings (SSSR count). The number of ether oxygens (including phenoxy) is 2. The summed E-state index contributed by atoms with van der Waals surface area (Å²) in [4.78, 5) is 37.6. The van der Waals surface area contributed by atoms with Crippen LogP contribution < -0.4 is 4.89 Å². The maximum atomic E-state index is 12.7. The normalized spacial score (nSPS) is 13.5. The lowest BCUT2D eigenvalue weighted by molar-refractivity contribution is -0.870. The number of likely N-dealkylation sites (N-methyl/N-ethyl adjacent to an activating group) is 1. The molecular formula is C49H96NO8P. The molecule has 0 spiro atoms. The number of carbonyl (C=O) groups is 2. The highest BCUT2D eigenvalue weighted by Crippen LogP contribution is 2.38. The third-order valence-corrected chi connectivity index (χ3v) is 12.0. The molecule has 0 aromatic heterocycles. The van der Waals surface area contributed by atoms with E-state index in [0.717, 1.165) is 51.4 Å². The minimum Gasteiger partial charge on any atom is -0.756 e. The van der Waals surface area contributed by atoms with Crippen molar-refractivity contribution in [1.82, 2.24) is 0 Å². The summed E-state index contributed by atoms with van der Waals surface area (Å²) in [5.74, 6) is -0.832. The van der Waals surface area contributed by atoms with Gasteiger partial charge in [0.25, 0.3) is 7.82 Å². The summed E-state index contributed by atoms with van der Waals surface area (Å²) >= 11 is 0. The molecule has 2 atom stereocenters. The summed E-state index contributed by atoms with van der Waals surface area (Å²) < 4.78 is 34.0. The second-order valence-corrected chi connectivity index (χ2v) is 19.6. The van der Waals surface area contributed by atoms with Crippen molar-refractivity contribution in [2.75, 3.05) is 47.5 Å². The zero-order valence-electron chi connectivity index (χ0n) is 39.5. The molecule has 10 heteroatoms. The number of phosphoric acid groups is 1. The Hall–Kier alpha value is -1.25. The Morgan fingerprint density at radius 2 is 0.864 bits per heavy atom. The first-order valence-corrected chi connectivity index (χ1v) is 26.4. The van der Waals surface area contributed by atoms with Gasteiger partial charge < -0.3 is 27.9 Å². The summed E-state index contributed by atoms with van der Waals surface area (Å²) in [6.07, 6.45) is 45.3. The first-order valence-electron chi connectivity index (χ1n) is 24.9. The van der Waals surface area contributed by atoms with Crippen molar-refractivity contribution in [2.45, 2.75) is 245 Å². The molecule has 0 aromatic carbocycles. The van der Waals surface area contributed by atoms with E-state index < -0.39 is 26.5 Å². The molecule has 0 aromatic rings. The summed E-state index contributed by atoms with van der Waals surface area (Å²) in [6.45, 7) is 4.24. The zero-order chi connectivity index (χ0) is 43.6. The average molecular weight is 858 g/mol. The van der Waals surface area contributed by atoms with Gasteiger partial charge in [0, 0.05) is 12.8 Å². The lowest BCUT2D eigenvalue weighted by atomic mass is 10.0. The third-order valence-electron chi connectivity index (χ3n) is 11.0. The molecule has 59 heavy (non-hydrogen) atoms. The second-order valence-electron chi connectivity index (χ2n) is 18.2. The molecule has 350 valence electrons. The first-order chi connectivity index (χ1) is 28.5. The van der Waals surface area contributed by atoms with Crippen molar-refractivity contribution in [3.8, 4) is 0 Å². The molecule has 0 aliphatic carbocycles. The number of esters is 2. The highest BCUT2D eigenvalue weighted by molar-refractivity contribution is 7.45. The van der Waals surface area contributed by atoms with Crippen LogP contribution in [0.15, 0.2) is 12.2 Å². The van der Waals surface area contributed by atoms with Crippen LogP contribution in [0.2, 0.25) is 0 Å². The second kappa shape index (κ2) is 42.1. The zero-order valence-corrected chi connectivity index (χ0v) is 40.4. The van der Waals surface area contributed by atoms with E-state index in [1.807, 2.05) is 21.1 Å². The number of allylic oxidation sites excluding steroid dienone is 2. The standard InChI is InChI=1S/C49H96NO8P/c1-6-8-10-12-14-16-18-20-21-22-23-24-25-26-27-28-30-31-33-35-37-39-41-48(51)55-45-47(46-57-59(53,54)56-44-43-50(3,4)5)58-49(52)42-40-38-36-34-32-29-19-17-15-13-11-9-7-2/h17,19,47H,6-16,18,20-46H2,1-5H3/b19-17+/t47-/m1/s1. The van der Waals surface area contributed by atoms with E-state index in [1.54, 1.807) is 0 Å². The van der Waals surface area contributed by atoms with Crippen LogP contribution in [0.3, 0.4) is 0 Å². The van der Waals surface area contributed by atoms with Gasteiger partial charge in [0.15, 0.2) is 6.10 Å². The summed E-state index contributed by atoms with van der Waals surface area (Å²) in [5, 5.41) is 0. The topological polar surface area (TPSA) is 111 Å². The van der Waals surface area contributed by atoms with E-state index in [2.05, 4.69) is 26.0 Å². The van der Waals surface area contributed by atoms with Crippen LogP contribution in [0, 0.1) is 0 Å². The minimum atomic E-state index is -4.62. The molecule has 0 bridgehead atoms. The maximum Gasteiger partial charge on any atom is 0.306 e. The maximum absolute atomic E-state index is 12.7. The van der Waals surface area contributed by atoms with Gasteiger partial charge in [-0.05, 0) is 38.5 Å². The Balaban J connectivity index is 4.17. The predicted molar refractivity (Wildman–Crippen MR) is 245 cm³/mol. The third kappa shape index (κ3) is 46.1. The molecule has 9 nitrogen and oxygen atoms in total. The van der Waals surface area contributed by atoms with Crippen molar-refractivity contribution in [3.63, 3.8) is 0 Å². The molecule has 0 saturated carbocycles. The number of nitrogens with zero attached hydrogens (tertiary/aromatic N) is 1. The Labute approximate surface area is 365 Å². The lowest BCUT2D eigenvalue weighted by Gasteiger charge is -2.28. The average Bonchev–Trinajstić information content (AvgIpc) is 3.19. The largest absolute Gasteiger partial charge is 0.756 e. The van der Waals surface area contributed by atoms with E-state index in [0.29, 0.717) is 17.4 Å². The quantitative estimate of drug-likeness (QED) is 0.0196. The number of rotatable bonds is 46. The first kappa shape index (κ1) is 57.8. The number of quaternary nitrogens is 1. The van der Waals surface area contributed by atoms with Gasteiger partial charge in [0.1, 0.15) is 19.8 Å². The molecule has 0 fully saturated rings. The number of carbonyl (C=O) groups excluding carboxylic acids is 2. The van der Waals surface area contributed by atoms with Crippen molar-refractivity contribution in [1.29, 1.82) is 0 Å². The van der Waals surface area contributed by atoms with Crippen LogP contribution in [-0.2, 0) is 32.7 Å². The fourth-order valence-electron chi connectivity index (χ4n) is 7.12. The van der Waals surface area contributed by atoms with Crippen molar-refractivity contribution >= 4 is 19.8 Å². The Morgan fingerprint density at radius 3 is 1.27 bits per heavy atom. The number of phosphoric ester groups is 1. The summed E-state index contributed by atoms with van der Waals surface area (Å²) in [5.41, 5.74) is 0. The lowest BCUT2D eigenvalue weighted by Crippen LogP contribution is -2.37. The van der Waals surface area contributed by atoms with Gasteiger partial charge in [-0.2, -0.15) is 0 Å². The van der Waals surface area contributed by atoms with Gasteiger partial charge in [-0.1, -0.05) is 199 Å². The van der Waals surface area contributed by atoms with Gasteiger partial charge in [0.2, 0.25) is 0 Å². The van der Waals surface area contributed by atoms with Gasteiger partial charge in [-0.15, -0.1) is 0 Å². The SMILES string of the molecule is CCCCCC/C=C/CCCCCCCC(=O)O[C@H](COC(=O)CCCCCCCCCCCCCCCCCCCCCCCC)COP(=O)([O-])OCC[N+](C)(C)C. The van der Waals surface area contributed by atoms with Crippen LogP contribution in [0.5, 0.6) is 0 Å². The highest BCUT2D eigenvalue weighted by atomic mass is 31.2. The molecule has 0 N–H and O–H groups in total. The van der Waals surface area contributed by atoms with Crippen molar-refractivity contribution in [3.05, 3.63) is 12.2 Å². The van der Waals surface area contributed by atoms with Crippen LogP contribution in [-0.4, -0.2) is 70.0 Å². The van der Waals surface area contributed by atoms with Gasteiger partial charge in [-0.25, -0.2) is 0 Å². The summed E-state index contributed by atoms with van der Waals surface area (Å²) in [7, 11) is 1.17. The molecule has 0 radical (unpaired) electrons. The smallest absolute Gasteiger partial charge is 0.306 e. The fraction of sp³-hybridized carbons (Fsp3) is 0.918. The van der Waals surface area contributed by atoms with E-state index in [4.69, 9.17) is 18.5 Å². The Bertz CT molecular complexity index is 1020. The molecule has 0 saturated heterocycles. The highest BCUT2D eigenvalue weighted by Gasteiger charge is 2.21. The Kier molecular flexibility index (Phi) is 41.2. The van der Waals surface area contributed by atoms with Crippen LogP contribution in [0.25, 0.3) is 0 Å². The molecule has 1 unspecified atom stereocenters. The number of hydrogen-bond donors (Lipinski definition) is 0. The molecule has 0 amide bonds. The van der Waals surface area contributed by atoms with Gasteiger partial charge in [-0.3, -0.25) is 14.2 Å². The van der Waals surface area contributed by atoms with E-state index in [-0.39, 0.29) is 32.0 Å². The van der Waals surface area contributed by atoms with Crippen LogP contribution >= 0.6 is 7.82 Å². The number of unbranched alkanes of at least 4 members (excludes halogenated alkanes) is 30. The van der Waals surface area contributed by atoms with Gasteiger partial charge in [0.05, 0.1) is 27.7 Å². The fourth-order valence-corrected chi connectivity index (χ4v) is 7.85. The van der Waals surface area contributed by atoms with Crippen molar-refractivity contribution in [2.24, 2.45) is 0 Å². The van der Waals surface area contributed by atoms with E-state index >= 15 is 0 Å². The molecule has 0 heterocycles. The van der Waals surface area contributed by atoms with E-state index in [1.165, 1.54) is 154 Å². The molecule has 0 aliphatic rings. The van der Waals surface area contributed by atoms with E-state index in [9.17, 15) is 19.0 Å². The van der Waals surface area contributed by atoms with Crippen molar-refractivity contribution < 1.29 is 42.1 Å². The van der Waals surface area contributed by atoms with Crippen LogP contribution in [0.1, 0.15) is 239 Å².